The Labute approximate surface area is 594 Å². The monoisotopic (exact) mass is 1350 g/mol. The van der Waals surface area contributed by atoms with E-state index in [4.69, 9.17) is 4.74 Å². The van der Waals surface area contributed by atoms with Crippen LogP contribution in [0.4, 0.5) is 0 Å². The molecule has 0 amide bonds. The number of thioether (sulfide) groups is 1. The summed E-state index contributed by atoms with van der Waals surface area (Å²) in [6, 6.07) is 0. The summed E-state index contributed by atoms with van der Waals surface area (Å²) in [5.41, 5.74) is 0. The van der Waals surface area contributed by atoms with E-state index in [0.717, 1.165) is 63.6 Å². The molecule has 0 spiro atoms. The lowest BCUT2D eigenvalue weighted by Gasteiger charge is -2.30. The Balaban J connectivity index is -0.0000000389. The number of quaternary nitrogens is 6. The van der Waals surface area contributed by atoms with Crippen LogP contribution < -0.4 is 31.9 Å². The zero-order valence-corrected chi connectivity index (χ0v) is 64.1. The van der Waals surface area contributed by atoms with Crippen LogP contribution in [0, 0.1) is 0 Å². The van der Waals surface area contributed by atoms with Gasteiger partial charge in [0.1, 0.15) is 12.6 Å². The molecule has 0 aromatic heterocycles. The van der Waals surface area contributed by atoms with Gasteiger partial charge in [0.25, 0.3) is 0 Å². The van der Waals surface area contributed by atoms with Crippen LogP contribution in [0.25, 0.3) is 0 Å². The Morgan fingerprint density at radius 3 is 1.12 bits per heavy atom. The fourth-order valence-electron chi connectivity index (χ4n) is 6.69. The molecule has 14 nitrogen and oxygen atoms in total. The number of likely N-dealkylation sites (N-methyl/N-ethyl adjacent to an activating group) is 5. The summed E-state index contributed by atoms with van der Waals surface area (Å²) < 4.78 is 9.43. The standard InChI is InChI=1S/2C10H25N2.C10H24NO2.2C8H20N2.C7H18N.2C5H13N.C5H12S.8CH4.2H2/c1-6-7-9-12(4,5)10-8-11(2)3;1-6-7-8-11(2)9-10-12(3,4)5;1-5-6-7-13-9-10(12)8-11(2,3)4;2*1-3-4-7-10-8-5-6-9-2;1-5-6-7-8(2,3)4;3*1-3-4-5-6-2;;;;;;;;;;/h2*6-10H2,1-5H3;10,12H,5-9H2,1-4H3;2*9-10H,3-8H2,1-2H3;5-7H2,1-4H3;2*6H,3-5H2,1-2H3;3-5H2,1-2H3;8*1H4;2*1H/q3*+1;;;+1;;;;;;;;;;;;;/p+2. The van der Waals surface area contributed by atoms with Crippen LogP contribution in [-0.4, -0.2) is 296 Å². The zero-order valence-electron chi connectivity index (χ0n) is 63.3. The molecule has 15 heteroatoms. The Morgan fingerprint density at radius 1 is 0.429 bits per heavy atom. The molecule has 9 N–H and O–H groups in total. The van der Waals surface area contributed by atoms with Gasteiger partial charge < -0.3 is 69.5 Å². The minimum atomic E-state index is -0.336. The van der Waals surface area contributed by atoms with E-state index in [1.165, 1.54) is 200 Å². The predicted octanol–water partition coefficient (Wildman–Crippen LogP) is 14.9. The van der Waals surface area contributed by atoms with Crippen molar-refractivity contribution in [2.75, 3.05) is 257 Å². The maximum absolute atomic E-state index is 9.54. The van der Waals surface area contributed by atoms with Gasteiger partial charge in [-0.15, -0.1) is 0 Å². The first-order valence-electron chi connectivity index (χ1n) is 34.6. The highest BCUT2D eigenvalue weighted by atomic mass is 32.2. The summed E-state index contributed by atoms with van der Waals surface area (Å²) in [5, 5.41) is 26.9. The first-order chi connectivity index (χ1) is 39.0. The Bertz CT molecular complexity index is 1000. The van der Waals surface area contributed by atoms with Gasteiger partial charge >= 0.3 is 0 Å². The molecule has 0 aromatic carbocycles. The second kappa shape index (κ2) is 111. The van der Waals surface area contributed by atoms with E-state index in [1.54, 1.807) is 0 Å². The molecule has 0 aromatic rings. The van der Waals surface area contributed by atoms with Gasteiger partial charge in [0.2, 0.25) is 0 Å². The van der Waals surface area contributed by atoms with Crippen LogP contribution >= 0.6 is 11.8 Å². The van der Waals surface area contributed by atoms with E-state index >= 15 is 0 Å². The van der Waals surface area contributed by atoms with E-state index in [1.807, 2.05) is 25.9 Å². The van der Waals surface area contributed by atoms with E-state index in [2.05, 4.69) is 223 Å². The molecular formula is C76H208N12O2S+6. The summed E-state index contributed by atoms with van der Waals surface area (Å²) in [6.07, 6.45) is 27.7. The minimum absolute atomic E-state index is 0. The number of nitrogens with one attached hydrogen (secondary N) is 4. The third-order valence-corrected chi connectivity index (χ3v) is 13.3. The molecule has 0 radical (unpaired) electrons. The highest BCUT2D eigenvalue weighted by molar-refractivity contribution is 7.98. The van der Waals surface area contributed by atoms with Gasteiger partial charge in [0.15, 0.2) is 0 Å². The van der Waals surface area contributed by atoms with Crippen LogP contribution in [-0.2, 0) is 4.74 Å². The lowest BCUT2D eigenvalue weighted by Crippen LogP contribution is -2.79. The molecule has 0 aliphatic heterocycles. The maximum atomic E-state index is 9.54. The van der Waals surface area contributed by atoms with Crippen molar-refractivity contribution in [2.45, 2.75) is 256 Å². The SMILES string of the molecule is C.C.C.C.C.C.C.C.CCCCN(C)CC[N+](C)(C)C.CCCCNC.CCCCNCCCNC.CCCCNCCC[NH2+]C.CCCCOCC(O)C[N+](C)(C)C.CCCCSC.CCCC[N+](C)(C)C.CCCC[N+](C)(C)CCN(C)C.CCCC[NH2+]C.[HH].[HH]. The van der Waals surface area contributed by atoms with Crippen LogP contribution in [0.2, 0.25) is 0 Å². The van der Waals surface area contributed by atoms with E-state index in [9.17, 15) is 5.11 Å². The fourth-order valence-corrected chi connectivity index (χ4v) is 7.27. The lowest BCUT2D eigenvalue weighted by atomic mass is 10.3. The number of hydrogen-bond acceptors (Lipinski definition) is 9. The van der Waals surface area contributed by atoms with Gasteiger partial charge in [0.05, 0.1) is 137 Å². The third kappa shape index (κ3) is 194. The number of hydrogen-bond donors (Lipinski definition) is 7. The average molecular weight is 1350 g/mol. The molecule has 0 aliphatic carbocycles. The molecule has 0 bridgehead atoms. The van der Waals surface area contributed by atoms with E-state index < -0.39 is 0 Å². The van der Waals surface area contributed by atoms with Crippen LogP contribution in [0.3, 0.4) is 0 Å². The van der Waals surface area contributed by atoms with E-state index in [-0.39, 0.29) is 68.4 Å². The Hall–Kier alpha value is -0.210. The smallest absolute Gasteiger partial charge is 0.126 e. The number of nitrogens with two attached hydrogens (primary N) is 2. The summed E-state index contributed by atoms with van der Waals surface area (Å²) in [7, 11) is 38.9. The van der Waals surface area contributed by atoms with Crippen molar-refractivity contribution >= 4 is 11.8 Å². The molecular weight excluding hydrogens is 1140 g/mol. The van der Waals surface area contributed by atoms with Gasteiger partial charge in [0, 0.05) is 35.5 Å². The summed E-state index contributed by atoms with van der Waals surface area (Å²) in [6.45, 7) is 40.2. The summed E-state index contributed by atoms with van der Waals surface area (Å²) in [4.78, 5) is 4.68. The quantitative estimate of drug-likeness (QED) is 0.0236. The molecule has 0 rings (SSSR count). The summed E-state index contributed by atoms with van der Waals surface area (Å²) >= 11 is 1.93. The Morgan fingerprint density at radius 2 is 0.802 bits per heavy atom. The molecule has 0 fully saturated rings. The molecule has 1 atom stereocenters. The van der Waals surface area contributed by atoms with Gasteiger partial charge in [-0.3, -0.25) is 0 Å². The molecule has 0 saturated heterocycles. The van der Waals surface area contributed by atoms with E-state index in [0.29, 0.717) is 6.61 Å². The van der Waals surface area contributed by atoms with Gasteiger partial charge in [-0.1, -0.05) is 180 Å². The first-order valence-corrected chi connectivity index (χ1v) is 36.0. The van der Waals surface area contributed by atoms with Crippen LogP contribution in [0.5, 0.6) is 0 Å². The highest BCUT2D eigenvalue weighted by Gasteiger charge is 2.15. The molecule has 91 heavy (non-hydrogen) atoms. The largest absolute Gasteiger partial charge is 0.385 e. The normalized spacial score (nSPS) is 10.5. The number of unbranched alkanes of at least 4 members (excludes halogenated alkanes) is 9. The van der Waals surface area contributed by atoms with Crippen LogP contribution in [0.15, 0.2) is 0 Å². The van der Waals surface area contributed by atoms with Crippen molar-refractivity contribution in [1.82, 2.24) is 31.1 Å². The zero-order chi connectivity index (χ0) is 66.0. The highest BCUT2D eigenvalue weighted by Crippen LogP contribution is 2.02. The molecule has 584 valence electrons. The van der Waals surface area contributed by atoms with Crippen LogP contribution in [0.1, 0.15) is 253 Å². The summed E-state index contributed by atoms with van der Waals surface area (Å²) in [5.74, 6) is 1.33. The molecule has 0 saturated carbocycles. The minimum Gasteiger partial charge on any atom is -0.385 e. The molecule has 0 heterocycles. The molecule has 0 aliphatic rings. The molecule has 1 unspecified atom stereocenters. The number of nitrogens with zero attached hydrogens (tertiary/aromatic N) is 6. The fraction of sp³-hybridized carbons (Fsp3) is 1.00. The van der Waals surface area contributed by atoms with Crippen molar-refractivity contribution in [2.24, 2.45) is 0 Å². The number of rotatable bonds is 45. The number of aliphatic hydroxyl groups is 1. The number of ether oxygens (including phenoxy) is 1. The van der Waals surface area contributed by atoms with Crippen molar-refractivity contribution in [3.63, 3.8) is 0 Å². The van der Waals surface area contributed by atoms with Crippen molar-refractivity contribution in [3.8, 4) is 0 Å². The second-order valence-electron chi connectivity index (χ2n) is 26.7. The number of aliphatic hydroxyl groups excluding tert-OH is 1. The van der Waals surface area contributed by atoms with Gasteiger partial charge in [-0.25, -0.2) is 0 Å². The van der Waals surface area contributed by atoms with Gasteiger partial charge in [-0.05, 0) is 151 Å². The second-order valence-corrected chi connectivity index (χ2v) is 27.7. The first kappa shape index (κ1) is 134. The van der Waals surface area contributed by atoms with Crippen molar-refractivity contribution < 1.29 is 41.3 Å². The Kier molecular flexibility index (Phi) is 164. The lowest BCUT2D eigenvalue weighted by molar-refractivity contribution is -0.890. The predicted molar refractivity (Wildman–Crippen MR) is 442 cm³/mol. The topological polar surface area (TPSA) is 117 Å². The van der Waals surface area contributed by atoms with Crippen molar-refractivity contribution in [3.05, 3.63) is 0 Å². The van der Waals surface area contributed by atoms with Gasteiger partial charge in [-0.2, -0.15) is 11.8 Å². The third-order valence-electron chi connectivity index (χ3n) is 12.6. The van der Waals surface area contributed by atoms with Crippen molar-refractivity contribution in [1.29, 1.82) is 0 Å². The maximum Gasteiger partial charge on any atom is 0.126 e. The average Bonchev–Trinajstić information content (AvgIpc) is 3.60.